The maximum atomic E-state index is 12.7. The van der Waals surface area contributed by atoms with E-state index in [1.807, 2.05) is 6.92 Å². The fraction of sp³-hybridized carbons (Fsp3) is 0.875. The topological polar surface area (TPSA) is 0 Å². The third-order valence-corrected chi connectivity index (χ3v) is 2.31. The Labute approximate surface area is 142 Å². The smallest absolute Gasteiger partial charge is 1.00 e. The van der Waals surface area contributed by atoms with Gasteiger partial charge in [0.15, 0.2) is 0 Å². The van der Waals surface area contributed by atoms with Crippen molar-refractivity contribution in [2.75, 3.05) is 0 Å². The maximum absolute atomic E-state index is 12.7. The average Bonchev–Trinajstić information content (AvgIpc) is 2.26. The summed E-state index contributed by atoms with van der Waals surface area (Å²) in [4.78, 5) is 0. The Morgan fingerprint density at radius 2 is 0.783 bits per heavy atom. The van der Waals surface area contributed by atoms with Crippen LogP contribution in [0.2, 0.25) is 0 Å². The van der Waals surface area contributed by atoms with Gasteiger partial charge in [-0.2, -0.15) is 48.3 Å². The van der Waals surface area contributed by atoms with E-state index < -0.39 is 42.2 Å². The van der Waals surface area contributed by atoms with Gasteiger partial charge in [0.25, 0.3) is 5.92 Å². The van der Waals surface area contributed by atoms with E-state index >= 15 is 0 Å². The van der Waals surface area contributed by atoms with Crippen LogP contribution in [0.4, 0.5) is 57.1 Å². The molecular weight excluding hydrogens is 403 g/mol. The van der Waals surface area contributed by atoms with Crippen molar-refractivity contribution in [3.05, 3.63) is 6.92 Å². The van der Waals surface area contributed by atoms with E-state index in [0.29, 0.717) is 0 Å². The van der Waals surface area contributed by atoms with Gasteiger partial charge in [0.2, 0.25) is 0 Å². The summed E-state index contributed by atoms with van der Waals surface area (Å²) in [7, 11) is 0. The van der Waals surface area contributed by atoms with E-state index in [1.165, 1.54) is 0 Å². The Morgan fingerprint density at radius 3 is 1.00 bits per heavy atom. The summed E-state index contributed by atoms with van der Waals surface area (Å²) in [5, 5.41) is 0. The van der Waals surface area contributed by atoms with Crippen LogP contribution in [-0.2, 0) is 0 Å². The maximum Gasteiger partial charge on any atom is 2.00 e. The second-order valence-corrected chi connectivity index (χ2v) is 3.75. The second kappa shape index (κ2) is 7.18. The van der Waals surface area contributed by atoms with Crippen molar-refractivity contribution in [1.29, 1.82) is 0 Å². The van der Waals surface area contributed by atoms with Gasteiger partial charge in [0, 0.05) is 0 Å². The summed E-state index contributed by atoms with van der Waals surface area (Å²) in [5.74, 6) is -36.5. The third kappa shape index (κ3) is 3.88. The Hall–Kier alpha value is 0.146. The molecule has 0 bridgehead atoms. The van der Waals surface area contributed by atoms with Crippen molar-refractivity contribution >= 4 is 23.1 Å². The first kappa shape index (κ1) is 28.0. The van der Waals surface area contributed by atoms with E-state index in [9.17, 15) is 57.1 Å². The van der Waals surface area contributed by atoms with Crippen LogP contribution >= 0.6 is 0 Å². The molecule has 0 aromatic carbocycles. The van der Waals surface area contributed by atoms with Gasteiger partial charge in [-0.25, -0.2) is 8.78 Å². The van der Waals surface area contributed by atoms with Crippen molar-refractivity contribution in [1.82, 2.24) is 0 Å². The summed E-state index contributed by atoms with van der Waals surface area (Å²) in [5.41, 5.74) is 0. The normalized spacial score (nSPS) is 14.9. The number of hydrogen-bond donors (Lipinski definition) is 0. The van der Waals surface area contributed by atoms with Gasteiger partial charge in [-0.05, 0) is 0 Å². The van der Waals surface area contributed by atoms with Crippen LogP contribution in [0.25, 0.3) is 0 Å². The standard InChI is InChI=1S/C8H4F13.ClH.Mg/c1-2-3(9,10)4(11,12)5(13,14)6(15,16)7(17,18)8(19,20)21;;/h1-2H2;1H;/q-1;;+2/p-1. The zero-order chi connectivity index (χ0) is 17.7. The molecule has 0 radical (unpaired) electrons. The van der Waals surface area contributed by atoms with Gasteiger partial charge < -0.3 is 19.3 Å². The zero-order valence-corrected chi connectivity index (χ0v) is 12.6. The summed E-state index contributed by atoms with van der Waals surface area (Å²) in [6.07, 6.45) is -9.83. The molecule has 0 unspecified atom stereocenters. The molecule has 0 aromatic rings. The number of hydrogen-bond acceptors (Lipinski definition) is 0. The molecule has 0 atom stereocenters. The molecule has 0 aromatic heterocycles. The van der Waals surface area contributed by atoms with Crippen LogP contribution in [0.15, 0.2) is 0 Å². The quantitative estimate of drug-likeness (QED) is 0.369. The number of alkyl halides is 13. The third-order valence-electron chi connectivity index (χ3n) is 2.31. The summed E-state index contributed by atoms with van der Waals surface area (Å²) in [6.45, 7) is 2.01. The molecule has 136 valence electrons. The molecule has 15 heteroatoms. The van der Waals surface area contributed by atoms with E-state index in [4.69, 9.17) is 0 Å². The number of halogens is 14. The summed E-state index contributed by atoms with van der Waals surface area (Å²) >= 11 is 0. The second-order valence-electron chi connectivity index (χ2n) is 3.75. The molecule has 0 heterocycles. The van der Waals surface area contributed by atoms with Gasteiger partial charge in [-0.1, -0.05) is 0 Å². The summed E-state index contributed by atoms with van der Waals surface area (Å²) in [6, 6.07) is 0. The molecule has 0 N–H and O–H groups in total. The van der Waals surface area contributed by atoms with Crippen LogP contribution in [-0.4, -0.2) is 58.8 Å². The molecule has 0 amide bonds. The monoisotopic (exact) mass is 406 g/mol. The minimum atomic E-state index is -7.83. The van der Waals surface area contributed by atoms with Crippen molar-refractivity contribution in [2.24, 2.45) is 0 Å². The predicted octanol–water partition coefficient (Wildman–Crippen LogP) is 1.57. The molecule has 0 aliphatic carbocycles. The van der Waals surface area contributed by atoms with E-state index in [-0.39, 0.29) is 35.5 Å². The average molecular weight is 407 g/mol. The Balaban J connectivity index is -0.00000200. The van der Waals surface area contributed by atoms with Crippen LogP contribution < -0.4 is 12.4 Å². The summed E-state index contributed by atoms with van der Waals surface area (Å²) < 4.78 is 160. The van der Waals surface area contributed by atoms with E-state index in [0.717, 1.165) is 0 Å². The fourth-order valence-electron chi connectivity index (χ4n) is 0.959. The molecule has 0 fully saturated rings. The van der Waals surface area contributed by atoms with E-state index in [1.54, 1.807) is 0 Å². The largest absolute Gasteiger partial charge is 2.00 e. The Kier molecular flexibility index (Phi) is 8.73. The van der Waals surface area contributed by atoms with Crippen LogP contribution in [0.3, 0.4) is 0 Å². The van der Waals surface area contributed by atoms with Gasteiger partial charge in [0.1, 0.15) is 0 Å². The minimum absolute atomic E-state index is 0. The molecule has 0 aliphatic rings. The van der Waals surface area contributed by atoms with Gasteiger partial charge in [0.05, 0.1) is 0 Å². The molecule has 0 spiro atoms. The molecule has 0 aliphatic heterocycles. The van der Waals surface area contributed by atoms with Gasteiger partial charge in [-0.3, -0.25) is 0 Å². The van der Waals surface area contributed by atoms with Crippen LogP contribution in [0, 0.1) is 6.92 Å². The molecular formula is C8H4ClF13Mg. The Morgan fingerprint density at radius 1 is 0.522 bits per heavy atom. The molecule has 0 nitrogen and oxygen atoms in total. The first-order chi connectivity index (χ1) is 8.81. The van der Waals surface area contributed by atoms with Crippen LogP contribution in [0.1, 0.15) is 6.42 Å². The Bertz CT molecular complexity index is 388. The zero-order valence-electron chi connectivity index (χ0n) is 10.4. The van der Waals surface area contributed by atoms with E-state index in [2.05, 4.69) is 0 Å². The first-order valence-electron chi connectivity index (χ1n) is 4.56. The van der Waals surface area contributed by atoms with Gasteiger partial charge >= 0.3 is 52.9 Å². The van der Waals surface area contributed by atoms with Crippen molar-refractivity contribution in [2.45, 2.75) is 42.2 Å². The molecule has 23 heavy (non-hydrogen) atoms. The minimum Gasteiger partial charge on any atom is -1.00 e. The molecule has 0 rings (SSSR count). The fourth-order valence-corrected chi connectivity index (χ4v) is 0.959. The SMILES string of the molecule is [CH2-]CC(F)(F)C(F)(F)C(F)(F)C(F)(F)C(F)(F)C(F)(F)F.[Cl-].[Mg+2]. The first-order valence-corrected chi connectivity index (χ1v) is 4.56. The number of rotatable bonds is 5. The molecule has 0 saturated heterocycles. The predicted molar refractivity (Wildman–Crippen MR) is 46.5 cm³/mol. The van der Waals surface area contributed by atoms with Crippen LogP contribution in [0.5, 0.6) is 0 Å². The van der Waals surface area contributed by atoms with Gasteiger partial charge in [-0.15, -0.1) is 6.42 Å². The van der Waals surface area contributed by atoms with Crippen molar-refractivity contribution in [3.63, 3.8) is 0 Å². The van der Waals surface area contributed by atoms with Crippen molar-refractivity contribution in [3.8, 4) is 0 Å². The van der Waals surface area contributed by atoms with Crippen molar-refractivity contribution < 1.29 is 69.5 Å². The molecule has 0 saturated carbocycles.